The minimum atomic E-state index is -0.000518. The number of nitriles is 1. The van der Waals surface area contributed by atoms with Crippen LogP contribution >= 0.6 is 15.9 Å². The summed E-state index contributed by atoms with van der Waals surface area (Å²) in [5, 5.41) is 9.40. The van der Waals surface area contributed by atoms with Crippen LogP contribution in [0.5, 0.6) is 11.5 Å². The highest BCUT2D eigenvalue weighted by molar-refractivity contribution is 9.10. The highest BCUT2D eigenvalue weighted by atomic mass is 79.9. The number of nitrogens with two attached hydrogens (primary N) is 2. The van der Waals surface area contributed by atoms with Gasteiger partial charge in [-0.25, -0.2) is 4.98 Å². The van der Waals surface area contributed by atoms with Gasteiger partial charge in [0.1, 0.15) is 24.1 Å². The fourth-order valence-corrected chi connectivity index (χ4v) is 3.09. The lowest BCUT2D eigenvalue weighted by atomic mass is 10.1. The topological polar surface area (TPSA) is 120 Å². The van der Waals surface area contributed by atoms with Crippen molar-refractivity contribution in [2.45, 2.75) is 13.5 Å². The molecule has 1 aromatic heterocycles. The molecule has 3 aromatic rings. The third-order valence-corrected chi connectivity index (χ3v) is 4.36. The van der Waals surface area contributed by atoms with E-state index in [9.17, 15) is 5.26 Å². The van der Waals surface area contributed by atoms with Gasteiger partial charge in [-0.3, -0.25) is 0 Å². The lowest BCUT2D eigenvalue weighted by molar-refractivity contribution is 0.269. The first-order valence-electron chi connectivity index (χ1n) is 8.49. The molecule has 8 heteroatoms. The average molecular weight is 440 g/mol. The van der Waals surface area contributed by atoms with Gasteiger partial charge in [-0.2, -0.15) is 10.2 Å². The number of ether oxygens (including phenoxy) is 2. The van der Waals surface area contributed by atoms with Gasteiger partial charge in [0.25, 0.3) is 0 Å². The Morgan fingerprint density at radius 2 is 1.89 bits per heavy atom. The van der Waals surface area contributed by atoms with Gasteiger partial charge in [-0.05, 0) is 42.8 Å². The molecular weight excluding hydrogens is 422 g/mol. The Kier molecular flexibility index (Phi) is 5.96. The van der Waals surface area contributed by atoms with E-state index in [-0.39, 0.29) is 17.3 Å². The molecule has 0 fully saturated rings. The normalized spacial score (nSPS) is 10.3. The van der Waals surface area contributed by atoms with Crippen molar-refractivity contribution < 1.29 is 9.47 Å². The van der Waals surface area contributed by atoms with E-state index in [0.29, 0.717) is 36.0 Å². The summed E-state index contributed by atoms with van der Waals surface area (Å²) in [4.78, 5) is 8.01. The average Bonchev–Trinajstić information content (AvgIpc) is 2.67. The molecule has 7 nitrogen and oxygen atoms in total. The smallest absolute Gasteiger partial charge is 0.222 e. The fourth-order valence-electron chi connectivity index (χ4n) is 2.65. The molecule has 0 amide bonds. The Morgan fingerprint density at radius 1 is 1.07 bits per heavy atom. The van der Waals surface area contributed by atoms with E-state index in [2.05, 4.69) is 25.9 Å². The molecule has 0 aliphatic heterocycles. The van der Waals surface area contributed by atoms with Gasteiger partial charge in [0, 0.05) is 10.0 Å². The molecule has 0 unspecified atom stereocenters. The van der Waals surface area contributed by atoms with Crippen molar-refractivity contribution in [1.29, 1.82) is 5.26 Å². The van der Waals surface area contributed by atoms with Crippen LogP contribution in [0, 0.1) is 11.3 Å². The number of anilines is 2. The van der Waals surface area contributed by atoms with Crippen LogP contribution in [0.25, 0.3) is 11.3 Å². The molecule has 0 spiro atoms. The van der Waals surface area contributed by atoms with E-state index in [1.165, 1.54) is 0 Å². The predicted molar refractivity (Wildman–Crippen MR) is 111 cm³/mol. The summed E-state index contributed by atoms with van der Waals surface area (Å²) in [7, 11) is 0. The minimum absolute atomic E-state index is 0.000518. The number of rotatable bonds is 6. The third-order valence-electron chi connectivity index (χ3n) is 3.87. The first kappa shape index (κ1) is 19.5. The summed E-state index contributed by atoms with van der Waals surface area (Å²) in [6, 6.07) is 15.2. The highest BCUT2D eigenvalue weighted by Crippen LogP contribution is 2.35. The van der Waals surface area contributed by atoms with Crippen LogP contribution in [0.4, 0.5) is 11.8 Å². The molecule has 4 N–H and O–H groups in total. The van der Waals surface area contributed by atoms with Crippen LogP contribution in [0.1, 0.15) is 18.1 Å². The van der Waals surface area contributed by atoms with E-state index in [1.807, 2.05) is 37.3 Å². The van der Waals surface area contributed by atoms with Crippen molar-refractivity contribution in [2.24, 2.45) is 0 Å². The molecular formula is C20H18BrN5O2. The Morgan fingerprint density at radius 3 is 2.61 bits per heavy atom. The summed E-state index contributed by atoms with van der Waals surface area (Å²) in [6.45, 7) is 2.72. The van der Waals surface area contributed by atoms with Crippen molar-refractivity contribution >= 4 is 27.7 Å². The standard InChI is InChI=1S/C20H18BrN5O2/c1-2-27-17-9-13(18-15(10-22)19(23)26-20(24)25-18)6-7-16(17)28-11-12-4-3-5-14(21)8-12/h3-9H,2,11H2,1H3,(H4,23,24,25,26). The van der Waals surface area contributed by atoms with Gasteiger partial charge in [-0.15, -0.1) is 0 Å². The molecule has 0 saturated carbocycles. The van der Waals surface area contributed by atoms with E-state index < -0.39 is 0 Å². The van der Waals surface area contributed by atoms with Crippen molar-refractivity contribution in [2.75, 3.05) is 18.1 Å². The molecule has 0 saturated heterocycles. The quantitative estimate of drug-likeness (QED) is 0.596. The predicted octanol–water partition coefficient (Wildman–Crippen LogP) is 3.92. The number of benzene rings is 2. The fraction of sp³-hybridized carbons (Fsp3) is 0.150. The molecule has 3 rings (SSSR count). The third kappa shape index (κ3) is 4.32. The van der Waals surface area contributed by atoms with Crippen molar-refractivity contribution in [1.82, 2.24) is 9.97 Å². The van der Waals surface area contributed by atoms with Gasteiger partial charge >= 0.3 is 0 Å². The second-order valence-electron chi connectivity index (χ2n) is 5.82. The lowest BCUT2D eigenvalue weighted by Crippen LogP contribution is -2.05. The van der Waals surface area contributed by atoms with Gasteiger partial charge < -0.3 is 20.9 Å². The van der Waals surface area contributed by atoms with E-state index >= 15 is 0 Å². The van der Waals surface area contributed by atoms with Crippen LogP contribution in [0.15, 0.2) is 46.9 Å². The highest BCUT2D eigenvalue weighted by Gasteiger charge is 2.16. The molecule has 0 bridgehead atoms. The zero-order valence-corrected chi connectivity index (χ0v) is 16.7. The Hall–Kier alpha value is -3.31. The SMILES string of the molecule is CCOc1cc(-c2nc(N)nc(N)c2C#N)ccc1OCc1cccc(Br)c1. The summed E-state index contributed by atoms with van der Waals surface area (Å²) in [5.74, 6) is 1.16. The molecule has 2 aromatic carbocycles. The second-order valence-corrected chi connectivity index (χ2v) is 6.73. The second kappa shape index (κ2) is 8.59. The molecule has 0 atom stereocenters. The van der Waals surface area contributed by atoms with E-state index in [0.717, 1.165) is 10.0 Å². The molecule has 0 aliphatic rings. The van der Waals surface area contributed by atoms with Crippen LogP contribution in [-0.2, 0) is 6.61 Å². The minimum Gasteiger partial charge on any atom is -0.490 e. The van der Waals surface area contributed by atoms with Gasteiger partial charge in [0.2, 0.25) is 5.95 Å². The molecule has 28 heavy (non-hydrogen) atoms. The zero-order valence-electron chi connectivity index (χ0n) is 15.1. The first-order chi connectivity index (χ1) is 13.5. The Balaban J connectivity index is 1.95. The van der Waals surface area contributed by atoms with Crippen LogP contribution in [0.2, 0.25) is 0 Å². The number of nitrogen functional groups attached to an aromatic ring is 2. The van der Waals surface area contributed by atoms with E-state index in [1.54, 1.807) is 18.2 Å². The summed E-state index contributed by atoms with van der Waals surface area (Å²) in [5.41, 5.74) is 13.7. The van der Waals surface area contributed by atoms with Gasteiger partial charge in [-0.1, -0.05) is 28.1 Å². The molecule has 0 radical (unpaired) electrons. The molecule has 0 aliphatic carbocycles. The maximum Gasteiger partial charge on any atom is 0.222 e. The number of halogens is 1. The monoisotopic (exact) mass is 439 g/mol. The van der Waals surface area contributed by atoms with Crippen molar-refractivity contribution in [3.05, 3.63) is 58.1 Å². The van der Waals surface area contributed by atoms with E-state index in [4.69, 9.17) is 20.9 Å². The summed E-state index contributed by atoms with van der Waals surface area (Å²) >= 11 is 3.45. The van der Waals surface area contributed by atoms with Crippen LogP contribution in [0.3, 0.4) is 0 Å². The largest absolute Gasteiger partial charge is 0.490 e. The van der Waals surface area contributed by atoms with Crippen molar-refractivity contribution in [3.63, 3.8) is 0 Å². The Labute approximate surface area is 171 Å². The summed E-state index contributed by atoms with van der Waals surface area (Å²) < 4.78 is 12.6. The van der Waals surface area contributed by atoms with Crippen LogP contribution < -0.4 is 20.9 Å². The molecule has 142 valence electrons. The lowest BCUT2D eigenvalue weighted by Gasteiger charge is -2.14. The summed E-state index contributed by atoms with van der Waals surface area (Å²) in [6.07, 6.45) is 0. The van der Waals surface area contributed by atoms with Gasteiger partial charge in [0.15, 0.2) is 11.5 Å². The van der Waals surface area contributed by atoms with Crippen LogP contribution in [-0.4, -0.2) is 16.6 Å². The first-order valence-corrected chi connectivity index (χ1v) is 9.28. The number of aromatic nitrogens is 2. The number of nitrogens with zero attached hydrogens (tertiary/aromatic N) is 3. The van der Waals surface area contributed by atoms with Gasteiger partial charge in [0.05, 0.1) is 12.3 Å². The number of hydrogen-bond acceptors (Lipinski definition) is 7. The molecule has 1 heterocycles. The Bertz CT molecular complexity index is 1050. The zero-order chi connectivity index (χ0) is 20.1. The number of hydrogen-bond donors (Lipinski definition) is 2. The van der Waals surface area contributed by atoms with Crippen molar-refractivity contribution in [3.8, 4) is 28.8 Å². The maximum absolute atomic E-state index is 9.40. The maximum atomic E-state index is 9.40.